The Bertz CT molecular complexity index is 333. The third kappa shape index (κ3) is 2.27. The van der Waals surface area contributed by atoms with Gasteiger partial charge in [0.25, 0.3) is 0 Å². The Morgan fingerprint density at radius 3 is 2.13 bits per heavy atom. The molecule has 0 saturated heterocycles. The summed E-state index contributed by atoms with van der Waals surface area (Å²) in [6, 6.07) is 0. The predicted octanol–water partition coefficient (Wildman–Crippen LogP) is 0.705. The minimum absolute atomic E-state index is 0.171. The van der Waals surface area contributed by atoms with Gasteiger partial charge in [0, 0.05) is 0 Å². The van der Waals surface area contributed by atoms with Gasteiger partial charge in [-0.1, -0.05) is 26.8 Å². The number of carboxylic acids is 1. The quantitative estimate of drug-likeness (QED) is 0.598. The number of hydrogen-bond acceptors (Lipinski definition) is 3. The summed E-state index contributed by atoms with van der Waals surface area (Å²) in [5.41, 5.74) is 0.177. The first kappa shape index (κ1) is 11.9. The highest BCUT2D eigenvalue weighted by Crippen LogP contribution is 2.33. The fraction of sp³-hybridized carbons (Fsp3) is 0.545. The highest BCUT2D eigenvalue weighted by Gasteiger charge is 2.35. The first-order valence-electron chi connectivity index (χ1n) is 4.77. The third-order valence-electron chi connectivity index (χ3n) is 2.49. The van der Waals surface area contributed by atoms with Crippen LogP contribution in [0.4, 0.5) is 0 Å². The lowest BCUT2D eigenvalue weighted by Crippen LogP contribution is -2.38. The van der Waals surface area contributed by atoms with Crippen LogP contribution in [0, 0.1) is 5.41 Å². The molecule has 4 nitrogen and oxygen atoms in total. The van der Waals surface area contributed by atoms with E-state index < -0.39 is 18.2 Å². The average Bonchev–Trinajstić information content (AvgIpc) is 2.06. The molecule has 0 unspecified atom stereocenters. The van der Waals surface area contributed by atoms with Crippen LogP contribution in [-0.4, -0.2) is 33.5 Å². The highest BCUT2D eigenvalue weighted by atomic mass is 16.4. The van der Waals surface area contributed by atoms with Crippen LogP contribution in [0.3, 0.4) is 0 Å². The van der Waals surface area contributed by atoms with Crippen LogP contribution < -0.4 is 0 Å². The molecule has 4 heteroatoms. The second-order valence-corrected chi connectivity index (χ2v) is 4.69. The molecule has 0 bridgehead atoms. The van der Waals surface area contributed by atoms with Crippen molar-refractivity contribution in [3.63, 3.8) is 0 Å². The topological polar surface area (TPSA) is 77.8 Å². The molecule has 0 aromatic rings. The van der Waals surface area contributed by atoms with Crippen molar-refractivity contribution in [3.8, 4) is 0 Å². The maximum Gasteiger partial charge on any atom is 0.334 e. The smallest absolute Gasteiger partial charge is 0.334 e. The fourth-order valence-electron chi connectivity index (χ4n) is 1.61. The van der Waals surface area contributed by atoms with Gasteiger partial charge in [-0.25, -0.2) is 4.79 Å². The molecule has 2 atom stereocenters. The van der Waals surface area contributed by atoms with Crippen LogP contribution in [-0.2, 0) is 4.79 Å². The SMILES string of the molecule is CC(C)(C)C1=CC=C(C(=O)O)[C@@H](O)[C@H]1O. The lowest BCUT2D eigenvalue weighted by molar-refractivity contribution is -0.134. The summed E-state index contributed by atoms with van der Waals surface area (Å²) in [7, 11) is 0. The van der Waals surface area contributed by atoms with E-state index in [1.807, 2.05) is 20.8 Å². The van der Waals surface area contributed by atoms with E-state index >= 15 is 0 Å². The van der Waals surface area contributed by atoms with Crippen LogP contribution >= 0.6 is 0 Å². The number of aliphatic hydroxyl groups excluding tert-OH is 2. The van der Waals surface area contributed by atoms with Gasteiger partial charge in [0.1, 0.15) is 12.2 Å². The van der Waals surface area contributed by atoms with Gasteiger partial charge >= 0.3 is 5.97 Å². The summed E-state index contributed by atoms with van der Waals surface area (Å²) >= 11 is 0. The van der Waals surface area contributed by atoms with E-state index in [4.69, 9.17) is 5.11 Å². The Morgan fingerprint density at radius 2 is 1.73 bits per heavy atom. The third-order valence-corrected chi connectivity index (χ3v) is 2.49. The molecule has 0 heterocycles. The van der Waals surface area contributed by atoms with E-state index in [1.54, 1.807) is 6.08 Å². The first-order valence-corrected chi connectivity index (χ1v) is 4.77. The minimum atomic E-state index is -1.35. The highest BCUT2D eigenvalue weighted by molar-refractivity contribution is 5.88. The second-order valence-electron chi connectivity index (χ2n) is 4.69. The van der Waals surface area contributed by atoms with E-state index in [2.05, 4.69) is 0 Å². The fourth-order valence-corrected chi connectivity index (χ4v) is 1.61. The Balaban J connectivity index is 3.11. The van der Waals surface area contributed by atoms with Gasteiger partial charge in [0.15, 0.2) is 0 Å². The number of aliphatic carboxylic acids is 1. The summed E-state index contributed by atoms with van der Waals surface area (Å²) in [5.74, 6) is -1.20. The van der Waals surface area contributed by atoms with Crippen LogP contribution in [0.2, 0.25) is 0 Å². The largest absolute Gasteiger partial charge is 0.478 e. The average molecular weight is 212 g/mol. The van der Waals surface area contributed by atoms with Gasteiger partial charge in [-0.05, 0) is 17.1 Å². The molecule has 1 aliphatic carbocycles. The molecule has 0 radical (unpaired) electrons. The number of carbonyl (C=O) groups is 1. The second kappa shape index (κ2) is 3.79. The van der Waals surface area contributed by atoms with E-state index in [9.17, 15) is 15.0 Å². The van der Waals surface area contributed by atoms with Crippen molar-refractivity contribution in [1.82, 2.24) is 0 Å². The Hall–Kier alpha value is -1.13. The lowest BCUT2D eigenvalue weighted by atomic mass is 9.77. The molecule has 0 aliphatic heterocycles. The molecule has 0 spiro atoms. The maximum absolute atomic E-state index is 10.7. The van der Waals surface area contributed by atoms with Crippen molar-refractivity contribution >= 4 is 5.97 Å². The summed E-state index contributed by atoms with van der Waals surface area (Å²) in [6.45, 7) is 5.69. The van der Waals surface area contributed by atoms with Crippen LogP contribution in [0.5, 0.6) is 0 Å². The number of aliphatic hydroxyl groups is 2. The van der Waals surface area contributed by atoms with Gasteiger partial charge in [-0.2, -0.15) is 0 Å². The zero-order valence-corrected chi connectivity index (χ0v) is 9.06. The van der Waals surface area contributed by atoms with Gasteiger partial charge in [0.2, 0.25) is 0 Å². The van der Waals surface area contributed by atoms with E-state index in [0.717, 1.165) is 0 Å². The van der Waals surface area contributed by atoms with E-state index in [-0.39, 0.29) is 11.0 Å². The van der Waals surface area contributed by atoms with Crippen molar-refractivity contribution in [2.24, 2.45) is 5.41 Å². The number of allylic oxidation sites excluding steroid dienone is 2. The molecule has 15 heavy (non-hydrogen) atoms. The van der Waals surface area contributed by atoms with Crippen molar-refractivity contribution in [2.75, 3.05) is 0 Å². The molecule has 84 valence electrons. The molecular weight excluding hydrogens is 196 g/mol. The van der Waals surface area contributed by atoms with Crippen molar-refractivity contribution < 1.29 is 20.1 Å². The molecule has 1 aliphatic rings. The van der Waals surface area contributed by atoms with Crippen molar-refractivity contribution in [2.45, 2.75) is 33.0 Å². The normalized spacial score (nSPS) is 27.0. The van der Waals surface area contributed by atoms with Crippen molar-refractivity contribution in [3.05, 3.63) is 23.3 Å². The van der Waals surface area contributed by atoms with Gasteiger partial charge in [-0.15, -0.1) is 0 Å². The van der Waals surface area contributed by atoms with Gasteiger partial charge in [-0.3, -0.25) is 0 Å². The molecule has 0 aromatic heterocycles. The molecular formula is C11H16O4. The molecule has 0 saturated carbocycles. The molecule has 0 fully saturated rings. The van der Waals surface area contributed by atoms with Crippen LogP contribution in [0.1, 0.15) is 20.8 Å². The van der Waals surface area contributed by atoms with Gasteiger partial charge < -0.3 is 15.3 Å². The summed E-state index contributed by atoms with van der Waals surface area (Å²) in [4.78, 5) is 10.7. The molecule has 0 amide bonds. The summed E-state index contributed by atoms with van der Waals surface area (Å²) in [5, 5.41) is 28.1. The number of rotatable bonds is 1. The minimum Gasteiger partial charge on any atom is -0.478 e. The Labute approximate surface area is 88.5 Å². The van der Waals surface area contributed by atoms with E-state index in [0.29, 0.717) is 5.57 Å². The summed E-state index contributed by atoms with van der Waals surface area (Å²) < 4.78 is 0. The number of carboxylic acid groups (broad SMARTS) is 1. The van der Waals surface area contributed by atoms with Crippen LogP contribution in [0.15, 0.2) is 23.3 Å². The van der Waals surface area contributed by atoms with Crippen molar-refractivity contribution in [1.29, 1.82) is 0 Å². The Morgan fingerprint density at radius 1 is 1.20 bits per heavy atom. The standard InChI is InChI=1S/C11H16O4/c1-11(2,3)7-5-4-6(10(14)15)8(12)9(7)13/h4-5,8-9,12-13H,1-3H3,(H,14,15)/t8-,9+/m1/s1. The zero-order chi connectivity index (χ0) is 11.8. The van der Waals surface area contributed by atoms with E-state index in [1.165, 1.54) is 6.08 Å². The monoisotopic (exact) mass is 212 g/mol. The lowest BCUT2D eigenvalue weighted by Gasteiger charge is -2.32. The van der Waals surface area contributed by atoms with Crippen LogP contribution in [0.25, 0.3) is 0 Å². The zero-order valence-electron chi connectivity index (χ0n) is 9.06. The summed E-state index contributed by atoms with van der Waals surface area (Å²) in [6.07, 6.45) is 0.434. The molecule has 3 N–H and O–H groups in total. The predicted molar refractivity (Wildman–Crippen MR) is 55.3 cm³/mol. The maximum atomic E-state index is 10.7. The number of hydrogen-bond donors (Lipinski definition) is 3. The molecule has 1 rings (SSSR count). The Kier molecular flexibility index (Phi) is 3.02. The van der Waals surface area contributed by atoms with Gasteiger partial charge in [0.05, 0.1) is 5.57 Å². The first-order chi connectivity index (χ1) is 6.75. The molecule has 0 aromatic carbocycles.